The maximum Gasteiger partial charge on any atom is 0.317 e. The lowest BCUT2D eigenvalue weighted by Gasteiger charge is -2.29. The molecule has 3 atom stereocenters. The summed E-state index contributed by atoms with van der Waals surface area (Å²) in [4.78, 5) is 101. The van der Waals surface area contributed by atoms with Gasteiger partial charge in [0.15, 0.2) is 0 Å². The average Bonchev–Trinajstić information content (AvgIpc) is 3.39. The van der Waals surface area contributed by atoms with Crippen molar-refractivity contribution in [3.8, 4) is 5.75 Å². The zero-order chi connectivity index (χ0) is 58.0. The summed E-state index contributed by atoms with van der Waals surface area (Å²) in [7, 11) is 0. The lowest BCUT2D eigenvalue weighted by molar-refractivity contribution is -0.143. The highest BCUT2D eigenvalue weighted by Gasteiger charge is 2.36. The molecule has 28 heteroatoms. The van der Waals surface area contributed by atoms with E-state index in [1.54, 1.807) is 22.5 Å². The lowest BCUT2D eigenvalue weighted by atomic mass is 9.81. The zero-order valence-corrected chi connectivity index (χ0v) is 45.7. The van der Waals surface area contributed by atoms with Gasteiger partial charge in [-0.2, -0.15) is 0 Å². The Labute approximate surface area is 461 Å². The van der Waals surface area contributed by atoms with Crippen molar-refractivity contribution < 1.29 is 97.1 Å². The SMILES string of the molecule is CC(C)C[C@H]1C(=O)NC(C(=O)NCCOCCOCCOCCNCCCOCCOCCOCCNC(=O)CN(CCN(CC(=O)O)CC(=O)O)CCN(CC(=O)O)CC(=O)O)Cc2ccc(cc2)OCCC[C@@H]1C(=O)NO. The summed E-state index contributed by atoms with van der Waals surface area (Å²) in [6.07, 6.45) is 2.17. The summed E-state index contributed by atoms with van der Waals surface area (Å²) in [5.74, 6) is -7.74. The van der Waals surface area contributed by atoms with Crippen molar-refractivity contribution in [1.82, 2.24) is 41.4 Å². The Hall–Kier alpha value is -5.66. The molecule has 2 bridgehead atoms. The first-order chi connectivity index (χ1) is 38.0. The summed E-state index contributed by atoms with van der Waals surface area (Å²) in [5.41, 5.74) is 2.53. The van der Waals surface area contributed by atoms with E-state index in [1.807, 2.05) is 26.0 Å². The smallest absolute Gasteiger partial charge is 0.317 e. The number of fused-ring (bicyclic) bond motifs is 11. The van der Waals surface area contributed by atoms with E-state index in [2.05, 4.69) is 21.3 Å². The van der Waals surface area contributed by atoms with Crippen LogP contribution in [-0.2, 0) is 73.2 Å². The number of rotatable bonds is 45. The fourth-order valence-corrected chi connectivity index (χ4v) is 8.07. The molecule has 2 aliphatic heterocycles. The number of nitrogens with zero attached hydrogens (tertiary/aromatic N) is 3. The van der Waals surface area contributed by atoms with Crippen LogP contribution in [0.5, 0.6) is 5.75 Å². The van der Waals surface area contributed by atoms with Crippen molar-refractivity contribution in [2.24, 2.45) is 17.8 Å². The van der Waals surface area contributed by atoms with Gasteiger partial charge in [-0.25, -0.2) is 5.48 Å². The maximum absolute atomic E-state index is 13.7. The minimum atomic E-state index is -1.24. The lowest BCUT2D eigenvalue weighted by Crippen LogP contribution is -2.52. The Morgan fingerprint density at radius 2 is 1.08 bits per heavy atom. The van der Waals surface area contributed by atoms with E-state index in [4.69, 9.17) is 53.6 Å². The van der Waals surface area contributed by atoms with Crippen LogP contribution in [0.1, 0.15) is 45.1 Å². The Kier molecular flexibility index (Phi) is 38.0. The second-order valence-electron chi connectivity index (χ2n) is 18.9. The predicted molar refractivity (Wildman–Crippen MR) is 281 cm³/mol. The van der Waals surface area contributed by atoms with Gasteiger partial charge >= 0.3 is 23.9 Å². The molecule has 2 aliphatic rings. The van der Waals surface area contributed by atoms with E-state index < -0.39 is 91.6 Å². The standard InChI is InChI=1S/C51H86N8O20/c1-38(2)31-42-41(50(70)56-72)5-3-19-79-40-8-6-39(7-9-40)32-43(55-49(42)69)51(71)54-13-22-76-26-30-78-28-24-74-20-11-52-10-4-18-73-23-27-77-29-25-75-21-12-53-44(60)33-57(14-16-58(34-45(61)62)35-46(63)64)15-17-59(36-47(65)66)37-48(67)68/h6-9,38,41-43,52,72H,3-5,10-37H2,1-2H3,(H,53,60)(H,54,71)(H,55,69)(H,56,70)(H,61,62)(H,63,64)(H,65,66)(H,67,68)/t41-,42+,43?/m0/s1. The molecule has 0 spiro atoms. The van der Waals surface area contributed by atoms with Gasteiger partial charge in [0.25, 0.3) is 0 Å². The number of hydrogen-bond donors (Lipinski definition) is 10. The van der Waals surface area contributed by atoms with Crippen LogP contribution in [0.2, 0.25) is 0 Å². The Balaban J connectivity index is 1.50. The molecule has 0 fully saturated rings. The molecular formula is C51H86N8O20. The number of hydroxylamine groups is 1. The van der Waals surface area contributed by atoms with Crippen LogP contribution in [-0.4, -0.2) is 265 Å². The van der Waals surface area contributed by atoms with Crippen molar-refractivity contribution in [2.45, 2.75) is 52.0 Å². The largest absolute Gasteiger partial charge is 0.494 e. The van der Waals surface area contributed by atoms with Crippen LogP contribution in [0.15, 0.2) is 24.3 Å². The van der Waals surface area contributed by atoms with Crippen molar-refractivity contribution in [3.63, 3.8) is 0 Å². The van der Waals surface area contributed by atoms with Gasteiger partial charge in [-0.3, -0.25) is 58.3 Å². The molecule has 3 rings (SSSR count). The zero-order valence-electron chi connectivity index (χ0n) is 45.7. The normalized spacial score (nSPS) is 15.9. The van der Waals surface area contributed by atoms with Crippen molar-refractivity contribution in [3.05, 3.63) is 29.8 Å². The molecule has 1 aromatic rings. The van der Waals surface area contributed by atoms with Crippen LogP contribution >= 0.6 is 0 Å². The van der Waals surface area contributed by atoms with E-state index in [-0.39, 0.29) is 78.0 Å². The maximum atomic E-state index is 13.7. The Morgan fingerprint density at radius 3 is 1.57 bits per heavy atom. The molecule has 1 aromatic carbocycles. The molecule has 0 saturated carbocycles. The molecule has 10 N–H and O–H groups in total. The van der Waals surface area contributed by atoms with Gasteiger partial charge in [0.2, 0.25) is 23.6 Å². The first-order valence-electron chi connectivity index (χ1n) is 26.7. The summed E-state index contributed by atoms with van der Waals surface area (Å²) >= 11 is 0. The van der Waals surface area contributed by atoms with Gasteiger partial charge in [0.1, 0.15) is 11.8 Å². The van der Waals surface area contributed by atoms with Crippen LogP contribution in [0.4, 0.5) is 0 Å². The highest BCUT2D eigenvalue weighted by Crippen LogP contribution is 2.27. The van der Waals surface area contributed by atoms with Crippen molar-refractivity contribution in [2.75, 3.05) is 171 Å². The third kappa shape index (κ3) is 35.5. The van der Waals surface area contributed by atoms with E-state index in [0.717, 1.165) is 28.3 Å². The second kappa shape index (κ2) is 43.2. The van der Waals surface area contributed by atoms with E-state index in [1.165, 1.54) is 0 Å². The average molecular weight is 1130 g/mol. The number of nitrogens with one attached hydrogen (secondary N) is 5. The molecular weight excluding hydrogens is 1040 g/mol. The fourth-order valence-electron chi connectivity index (χ4n) is 8.07. The van der Waals surface area contributed by atoms with Gasteiger partial charge in [0, 0.05) is 64.8 Å². The van der Waals surface area contributed by atoms with Crippen LogP contribution in [0.25, 0.3) is 0 Å². The third-order valence-electron chi connectivity index (χ3n) is 11.9. The van der Waals surface area contributed by atoms with E-state index >= 15 is 0 Å². The minimum Gasteiger partial charge on any atom is -0.494 e. The molecule has 4 amide bonds. The number of carboxylic acids is 4. The van der Waals surface area contributed by atoms with Crippen molar-refractivity contribution >= 4 is 47.5 Å². The van der Waals surface area contributed by atoms with Gasteiger partial charge in [-0.05, 0) is 55.8 Å². The van der Waals surface area contributed by atoms with Crippen LogP contribution < -0.4 is 31.5 Å². The summed E-state index contributed by atoms with van der Waals surface area (Å²) in [6, 6.07) is 6.38. The predicted octanol–water partition coefficient (Wildman–Crippen LogP) is -1.77. The minimum absolute atomic E-state index is 0.0367. The Morgan fingerprint density at radius 1 is 0.608 bits per heavy atom. The fraction of sp³-hybridized carbons (Fsp3) is 0.725. The number of carbonyl (C=O) groups excluding carboxylic acids is 4. The van der Waals surface area contributed by atoms with Gasteiger partial charge < -0.3 is 74.9 Å². The number of ether oxygens (including phenoxy) is 7. The number of amides is 4. The quantitative estimate of drug-likeness (QED) is 0.0196. The van der Waals surface area contributed by atoms with Crippen LogP contribution in [0.3, 0.4) is 0 Å². The molecule has 2 heterocycles. The summed E-state index contributed by atoms with van der Waals surface area (Å²) < 4.78 is 39.3. The van der Waals surface area contributed by atoms with Gasteiger partial charge in [-0.1, -0.05) is 26.0 Å². The van der Waals surface area contributed by atoms with Crippen molar-refractivity contribution in [1.29, 1.82) is 0 Å². The molecule has 0 saturated heterocycles. The number of aliphatic carboxylic acids is 4. The third-order valence-corrected chi connectivity index (χ3v) is 11.9. The number of benzene rings is 1. The molecule has 1 unspecified atom stereocenters. The van der Waals surface area contributed by atoms with Gasteiger partial charge in [0.05, 0.1) is 118 Å². The van der Waals surface area contributed by atoms with E-state index in [0.29, 0.717) is 97.6 Å². The number of carbonyl (C=O) groups is 8. The number of hydrogen-bond acceptors (Lipinski definition) is 20. The second-order valence-corrected chi connectivity index (χ2v) is 18.9. The number of carboxylic acid groups (broad SMARTS) is 4. The summed E-state index contributed by atoms with van der Waals surface area (Å²) in [6.45, 7) is 7.78. The topological polar surface area (TPSA) is 372 Å². The molecule has 79 heavy (non-hydrogen) atoms. The van der Waals surface area contributed by atoms with Crippen LogP contribution in [0, 0.1) is 17.8 Å². The summed E-state index contributed by atoms with van der Waals surface area (Å²) in [5, 5.41) is 57.8. The Bertz CT molecular complexity index is 1850. The van der Waals surface area contributed by atoms with Gasteiger partial charge in [-0.15, -0.1) is 0 Å². The first-order valence-corrected chi connectivity index (χ1v) is 26.7. The molecule has 0 aromatic heterocycles. The first kappa shape index (κ1) is 69.4. The molecule has 0 aliphatic carbocycles. The molecule has 28 nitrogen and oxygen atoms in total. The highest BCUT2D eigenvalue weighted by molar-refractivity contribution is 5.91. The monoisotopic (exact) mass is 1130 g/mol. The molecule has 0 radical (unpaired) electrons. The van der Waals surface area contributed by atoms with E-state index in [9.17, 15) is 43.6 Å². The molecule has 450 valence electrons. The highest BCUT2D eigenvalue weighted by atomic mass is 16.6.